The third-order valence-corrected chi connectivity index (χ3v) is 4.09. The van der Waals surface area contributed by atoms with Crippen molar-refractivity contribution in [2.75, 3.05) is 25.0 Å². The predicted octanol–water partition coefficient (Wildman–Crippen LogP) is 2.59. The fourth-order valence-corrected chi connectivity index (χ4v) is 2.88. The molecule has 1 aromatic heterocycles. The number of anilines is 1. The zero-order chi connectivity index (χ0) is 18.2. The number of nitrogens with zero attached hydrogens (tertiary/aromatic N) is 2. The van der Waals surface area contributed by atoms with Crippen LogP contribution in [0.4, 0.5) is 9.52 Å². The summed E-state index contributed by atoms with van der Waals surface area (Å²) in [5.74, 6) is -1.03. The zero-order valence-corrected chi connectivity index (χ0v) is 14.9. The van der Waals surface area contributed by atoms with Gasteiger partial charge in [0.15, 0.2) is 5.13 Å². The Bertz CT molecular complexity index is 718. The van der Waals surface area contributed by atoms with Crippen molar-refractivity contribution in [1.29, 1.82) is 0 Å². The monoisotopic (exact) mass is 365 g/mol. The molecule has 0 saturated heterocycles. The highest BCUT2D eigenvalue weighted by Crippen LogP contribution is 2.14. The molecule has 0 aliphatic carbocycles. The molecule has 0 bridgehead atoms. The van der Waals surface area contributed by atoms with Gasteiger partial charge in [0, 0.05) is 11.9 Å². The van der Waals surface area contributed by atoms with Gasteiger partial charge in [0.25, 0.3) is 0 Å². The van der Waals surface area contributed by atoms with Crippen LogP contribution in [0.1, 0.15) is 18.2 Å². The number of aromatic nitrogens is 1. The Balaban J connectivity index is 2.00. The maximum atomic E-state index is 13.0. The molecular weight excluding hydrogens is 345 g/mol. The summed E-state index contributed by atoms with van der Waals surface area (Å²) in [6.07, 6.45) is 0. The first-order valence-corrected chi connectivity index (χ1v) is 8.68. The van der Waals surface area contributed by atoms with E-state index in [4.69, 9.17) is 4.74 Å². The van der Waals surface area contributed by atoms with Gasteiger partial charge < -0.3 is 10.1 Å². The minimum atomic E-state index is -0.414. The summed E-state index contributed by atoms with van der Waals surface area (Å²) in [6, 6.07) is 5.93. The Labute approximate surface area is 149 Å². The number of thiazole rings is 1. The van der Waals surface area contributed by atoms with Gasteiger partial charge in [-0.15, -0.1) is 11.3 Å². The molecule has 0 saturated carbocycles. The molecule has 1 aromatic carbocycles. The van der Waals surface area contributed by atoms with Crippen LogP contribution in [0.15, 0.2) is 29.6 Å². The lowest BCUT2D eigenvalue weighted by Gasteiger charge is -2.20. The van der Waals surface area contributed by atoms with Crippen LogP contribution < -0.4 is 5.32 Å². The third-order valence-electron chi connectivity index (χ3n) is 3.21. The molecule has 6 nitrogen and oxygen atoms in total. The van der Waals surface area contributed by atoms with Crippen molar-refractivity contribution in [3.8, 4) is 0 Å². The maximum Gasteiger partial charge on any atom is 0.320 e. The van der Waals surface area contributed by atoms with Gasteiger partial charge in [0.05, 0.1) is 25.4 Å². The van der Waals surface area contributed by atoms with E-state index >= 15 is 0 Å². The van der Waals surface area contributed by atoms with Gasteiger partial charge >= 0.3 is 5.97 Å². The van der Waals surface area contributed by atoms with Gasteiger partial charge in [-0.25, -0.2) is 9.37 Å². The third kappa shape index (κ3) is 6.60. The quantitative estimate of drug-likeness (QED) is 0.728. The summed E-state index contributed by atoms with van der Waals surface area (Å²) in [7, 11) is 0. The molecule has 0 aliphatic rings. The van der Waals surface area contributed by atoms with Gasteiger partial charge in [-0.1, -0.05) is 12.1 Å². The molecule has 0 spiro atoms. The zero-order valence-electron chi connectivity index (χ0n) is 14.1. The Kier molecular flexibility index (Phi) is 7.03. The molecule has 2 rings (SSSR count). The minimum Gasteiger partial charge on any atom is -0.465 e. The highest BCUT2D eigenvalue weighted by Gasteiger charge is 2.17. The van der Waals surface area contributed by atoms with Crippen LogP contribution in [0.5, 0.6) is 0 Å². The number of hydrogen-bond acceptors (Lipinski definition) is 6. The van der Waals surface area contributed by atoms with Crippen molar-refractivity contribution in [3.05, 3.63) is 46.7 Å². The molecule has 25 heavy (non-hydrogen) atoms. The van der Waals surface area contributed by atoms with Gasteiger partial charge in [0.2, 0.25) is 5.91 Å². The summed E-state index contributed by atoms with van der Waals surface area (Å²) in [6.45, 7) is 4.12. The lowest BCUT2D eigenvalue weighted by atomic mass is 10.2. The number of rotatable bonds is 8. The van der Waals surface area contributed by atoms with E-state index in [2.05, 4.69) is 10.3 Å². The van der Waals surface area contributed by atoms with Crippen molar-refractivity contribution < 1.29 is 18.7 Å². The molecular formula is C17H20FN3O3S. The molecule has 0 atom stereocenters. The number of amides is 1. The van der Waals surface area contributed by atoms with Gasteiger partial charge in [-0.2, -0.15) is 0 Å². The molecule has 8 heteroatoms. The fourth-order valence-electron chi connectivity index (χ4n) is 2.18. The number of carbonyl (C=O) groups is 2. The fraction of sp³-hybridized carbons (Fsp3) is 0.353. The van der Waals surface area contributed by atoms with Crippen molar-refractivity contribution in [1.82, 2.24) is 9.88 Å². The van der Waals surface area contributed by atoms with E-state index in [1.165, 1.54) is 23.5 Å². The second kappa shape index (κ2) is 9.24. The standard InChI is InChI=1S/C17H20FN3O3S/c1-3-24-16(23)10-21(8-13-4-6-14(18)7-5-13)9-15(22)20-17-19-12(2)11-25-17/h4-7,11H,3,8-10H2,1-2H3,(H,19,20,22). The van der Waals surface area contributed by atoms with Crippen LogP contribution >= 0.6 is 11.3 Å². The number of benzene rings is 1. The van der Waals surface area contributed by atoms with Crippen LogP contribution in [0.3, 0.4) is 0 Å². The van der Waals surface area contributed by atoms with E-state index in [0.717, 1.165) is 11.3 Å². The normalized spacial score (nSPS) is 10.7. The van der Waals surface area contributed by atoms with Gasteiger partial charge in [0.1, 0.15) is 5.82 Å². The van der Waals surface area contributed by atoms with E-state index in [0.29, 0.717) is 11.7 Å². The average molecular weight is 365 g/mol. The van der Waals surface area contributed by atoms with Crippen molar-refractivity contribution in [3.63, 3.8) is 0 Å². The molecule has 134 valence electrons. The number of esters is 1. The van der Waals surface area contributed by atoms with E-state index in [1.54, 1.807) is 24.0 Å². The minimum absolute atomic E-state index is 0.00514. The predicted molar refractivity (Wildman–Crippen MR) is 93.8 cm³/mol. The number of aryl methyl sites for hydroxylation is 1. The molecule has 1 heterocycles. The Hall–Kier alpha value is -2.32. The summed E-state index contributed by atoms with van der Waals surface area (Å²) in [4.78, 5) is 29.8. The molecule has 2 aromatic rings. The first-order chi connectivity index (χ1) is 12.0. The van der Waals surface area contributed by atoms with Crippen LogP contribution in [0.25, 0.3) is 0 Å². The Morgan fingerprint density at radius 1 is 1.28 bits per heavy atom. The molecule has 0 unspecified atom stereocenters. The number of carbonyl (C=O) groups excluding carboxylic acids is 2. The number of nitrogens with one attached hydrogen (secondary N) is 1. The summed E-state index contributed by atoms with van der Waals surface area (Å²) >= 11 is 1.34. The van der Waals surface area contributed by atoms with E-state index in [9.17, 15) is 14.0 Å². The lowest BCUT2D eigenvalue weighted by Crippen LogP contribution is -2.37. The van der Waals surface area contributed by atoms with E-state index < -0.39 is 5.97 Å². The van der Waals surface area contributed by atoms with Crippen LogP contribution in [0.2, 0.25) is 0 Å². The highest BCUT2D eigenvalue weighted by atomic mass is 32.1. The topological polar surface area (TPSA) is 71.5 Å². The second-order valence-corrected chi connectivity index (χ2v) is 6.28. The Morgan fingerprint density at radius 3 is 2.60 bits per heavy atom. The number of halogens is 1. The number of hydrogen-bond donors (Lipinski definition) is 1. The van der Waals surface area contributed by atoms with Crippen molar-refractivity contribution >= 4 is 28.3 Å². The molecule has 1 N–H and O–H groups in total. The summed E-state index contributed by atoms with van der Waals surface area (Å²) in [5, 5.41) is 5.06. The largest absolute Gasteiger partial charge is 0.465 e. The van der Waals surface area contributed by atoms with Crippen LogP contribution in [0, 0.1) is 12.7 Å². The smallest absolute Gasteiger partial charge is 0.320 e. The lowest BCUT2D eigenvalue weighted by molar-refractivity contribution is -0.144. The van der Waals surface area contributed by atoms with Crippen molar-refractivity contribution in [2.24, 2.45) is 0 Å². The highest BCUT2D eigenvalue weighted by molar-refractivity contribution is 7.13. The van der Waals surface area contributed by atoms with Crippen molar-refractivity contribution in [2.45, 2.75) is 20.4 Å². The average Bonchev–Trinajstić information content (AvgIpc) is 2.94. The summed E-state index contributed by atoms with van der Waals surface area (Å²) < 4.78 is 18.0. The first kappa shape index (κ1) is 19.0. The Morgan fingerprint density at radius 2 is 2.00 bits per heavy atom. The van der Waals surface area contributed by atoms with Gasteiger partial charge in [-0.3, -0.25) is 14.5 Å². The molecule has 0 fully saturated rings. The van der Waals surface area contributed by atoms with Gasteiger partial charge in [-0.05, 0) is 31.5 Å². The first-order valence-electron chi connectivity index (χ1n) is 7.80. The maximum absolute atomic E-state index is 13.0. The van der Waals surface area contributed by atoms with Crippen LogP contribution in [-0.2, 0) is 20.9 Å². The summed E-state index contributed by atoms with van der Waals surface area (Å²) in [5.41, 5.74) is 1.62. The van der Waals surface area contributed by atoms with E-state index in [-0.39, 0.29) is 31.4 Å². The molecule has 0 aliphatic heterocycles. The number of ether oxygens (including phenoxy) is 1. The molecule has 0 radical (unpaired) electrons. The van der Waals surface area contributed by atoms with E-state index in [1.807, 2.05) is 12.3 Å². The van der Waals surface area contributed by atoms with Crippen LogP contribution in [-0.4, -0.2) is 41.5 Å². The molecule has 1 amide bonds. The second-order valence-electron chi connectivity index (χ2n) is 5.42. The SMILES string of the molecule is CCOC(=O)CN(CC(=O)Nc1nc(C)cs1)Cc1ccc(F)cc1.